The molecule has 82 valence electrons. The van der Waals surface area contributed by atoms with Gasteiger partial charge >= 0.3 is 0 Å². The van der Waals surface area contributed by atoms with Gasteiger partial charge in [0.25, 0.3) is 0 Å². The zero-order chi connectivity index (χ0) is 9.97. The van der Waals surface area contributed by atoms with Crippen molar-refractivity contribution in [2.75, 3.05) is 18.0 Å². The van der Waals surface area contributed by atoms with Crippen LogP contribution in [0.1, 0.15) is 6.42 Å². The van der Waals surface area contributed by atoms with Gasteiger partial charge in [-0.05, 0) is 24.6 Å². The van der Waals surface area contributed by atoms with E-state index >= 15 is 0 Å². The average Bonchev–Trinajstić information content (AvgIpc) is 2.61. The fourth-order valence-electron chi connectivity index (χ4n) is 1.80. The molecule has 4 heteroatoms. The van der Waals surface area contributed by atoms with Crippen LogP contribution in [0, 0.1) is 5.92 Å². The van der Waals surface area contributed by atoms with Crippen LogP contribution in [-0.4, -0.2) is 19.0 Å². The van der Waals surface area contributed by atoms with E-state index in [1.54, 1.807) is 0 Å². The highest BCUT2D eigenvalue weighted by molar-refractivity contribution is 5.95. The van der Waals surface area contributed by atoms with Gasteiger partial charge in [0, 0.05) is 18.7 Å². The lowest BCUT2D eigenvalue weighted by Crippen LogP contribution is -2.25. The van der Waals surface area contributed by atoms with Crippen LogP contribution in [0.3, 0.4) is 0 Å². The van der Waals surface area contributed by atoms with Crippen molar-refractivity contribution < 1.29 is 4.79 Å². The van der Waals surface area contributed by atoms with E-state index in [9.17, 15) is 4.79 Å². The van der Waals surface area contributed by atoms with Crippen molar-refractivity contribution in [1.29, 1.82) is 0 Å². The minimum Gasteiger partial charge on any atom is -0.330 e. The summed E-state index contributed by atoms with van der Waals surface area (Å²) < 4.78 is 0. The lowest BCUT2D eigenvalue weighted by atomic mass is 10.1. The Hall–Kier alpha value is -1.06. The molecule has 0 aliphatic carbocycles. The third kappa shape index (κ3) is 2.49. The lowest BCUT2D eigenvalue weighted by Gasteiger charge is -2.15. The summed E-state index contributed by atoms with van der Waals surface area (Å²) in [6.45, 7) is 1.36. The van der Waals surface area contributed by atoms with Crippen molar-refractivity contribution in [2.24, 2.45) is 11.7 Å². The third-order valence-corrected chi connectivity index (χ3v) is 2.61. The summed E-state index contributed by atoms with van der Waals surface area (Å²) in [5, 5.41) is 0. The van der Waals surface area contributed by atoms with Gasteiger partial charge in [0.05, 0.1) is 0 Å². The second-order valence-electron chi connectivity index (χ2n) is 3.65. The Bertz CT molecular complexity index is 329. The molecule has 1 aromatic rings. The number of hydrogen-bond acceptors (Lipinski definition) is 2. The van der Waals surface area contributed by atoms with Gasteiger partial charge in [-0.1, -0.05) is 18.2 Å². The largest absolute Gasteiger partial charge is 0.330 e. The van der Waals surface area contributed by atoms with Crippen LogP contribution in [0.2, 0.25) is 0 Å². The van der Waals surface area contributed by atoms with Crippen molar-refractivity contribution >= 4 is 24.0 Å². The van der Waals surface area contributed by atoms with E-state index in [0.717, 1.165) is 12.2 Å². The number of rotatable bonds is 2. The van der Waals surface area contributed by atoms with Crippen LogP contribution in [0.4, 0.5) is 5.69 Å². The van der Waals surface area contributed by atoms with Gasteiger partial charge in [0.15, 0.2) is 0 Å². The smallest absolute Gasteiger partial charge is 0.227 e. The number of amides is 1. The number of carbonyl (C=O) groups is 1. The number of anilines is 1. The minimum absolute atomic E-state index is 0. The summed E-state index contributed by atoms with van der Waals surface area (Å²) in [6, 6.07) is 9.74. The van der Waals surface area contributed by atoms with E-state index < -0.39 is 0 Å². The first-order valence-electron chi connectivity index (χ1n) is 4.86. The number of nitrogens with two attached hydrogens (primary N) is 1. The molecular formula is C11H15ClN2O. The van der Waals surface area contributed by atoms with Gasteiger partial charge in [-0.3, -0.25) is 4.79 Å². The minimum atomic E-state index is 0. The topological polar surface area (TPSA) is 46.3 Å². The molecule has 0 saturated carbocycles. The molecule has 1 saturated heterocycles. The van der Waals surface area contributed by atoms with E-state index in [1.807, 2.05) is 35.2 Å². The molecule has 1 heterocycles. The van der Waals surface area contributed by atoms with Gasteiger partial charge in [0.1, 0.15) is 0 Å². The summed E-state index contributed by atoms with van der Waals surface area (Å²) in [5.74, 6) is 0.509. The van der Waals surface area contributed by atoms with Gasteiger partial charge < -0.3 is 10.6 Å². The Labute approximate surface area is 95.7 Å². The molecule has 1 aliphatic heterocycles. The Morgan fingerprint density at radius 2 is 2.00 bits per heavy atom. The maximum atomic E-state index is 11.6. The monoisotopic (exact) mass is 226 g/mol. The summed E-state index contributed by atoms with van der Waals surface area (Å²) in [4.78, 5) is 13.4. The fourth-order valence-corrected chi connectivity index (χ4v) is 1.80. The van der Waals surface area contributed by atoms with Crippen molar-refractivity contribution in [3.05, 3.63) is 30.3 Å². The quantitative estimate of drug-likeness (QED) is 0.829. The number of para-hydroxylation sites is 1. The van der Waals surface area contributed by atoms with Gasteiger partial charge in [-0.2, -0.15) is 0 Å². The van der Waals surface area contributed by atoms with Crippen LogP contribution < -0.4 is 10.6 Å². The molecule has 1 aliphatic rings. The first-order valence-corrected chi connectivity index (χ1v) is 4.86. The Kier molecular flexibility index (Phi) is 4.12. The van der Waals surface area contributed by atoms with Crippen LogP contribution in [0.5, 0.6) is 0 Å². The van der Waals surface area contributed by atoms with Crippen LogP contribution in [-0.2, 0) is 4.79 Å². The van der Waals surface area contributed by atoms with Gasteiger partial charge in [-0.15, -0.1) is 12.4 Å². The number of carbonyl (C=O) groups excluding carboxylic acids is 1. The van der Waals surface area contributed by atoms with Crippen molar-refractivity contribution in [3.63, 3.8) is 0 Å². The van der Waals surface area contributed by atoms with Gasteiger partial charge in [-0.25, -0.2) is 0 Å². The summed E-state index contributed by atoms with van der Waals surface area (Å²) in [5.41, 5.74) is 6.54. The van der Waals surface area contributed by atoms with E-state index in [1.165, 1.54) is 0 Å². The molecule has 15 heavy (non-hydrogen) atoms. The maximum absolute atomic E-state index is 11.6. The Balaban J connectivity index is 0.00000112. The molecule has 1 amide bonds. The van der Waals surface area contributed by atoms with Crippen LogP contribution in [0.15, 0.2) is 30.3 Å². The second-order valence-corrected chi connectivity index (χ2v) is 3.65. The molecule has 0 bridgehead atoms. The van der Waals surface area contributed by atoms with E-state index in [2.05, 4.69) is 0 Å². The Morgan fingerprint density at radius 1 is 1.33 bits per heavy atom. The molecule has 2 rings (SSSR count). The zero-order valence-electron chi connectivity index (χ0n) is 8.43. The number of benzene rings is 1. The predicted octanol–water partition coefficient (Wildman–Crippen LogP) is 1.42. The molecular weight excluding hydrogens is 212 g/mol. The highest BCUT2D eigenvalue weighted by atomic mass is 35.5. The average molecular weight is 227 g/mol. The van der Waals surface area contributed by atoms with Crippen molar-refractivity contribution in [2.45, 2.75) is 6.42 Å². The number of halogens is 1. The SMILES string of the molecule is Cl.NCC1CC(=O)N(c2ccccc2)C1. The molecule has 1 fully saturated rings. The van der Waals surface area contributed by atoms with Crippen LogP contribution in [0.25, 0.3) is 0 Å². The molecule has 1 aromatic carbocycles. The molecule has 0 spiro atoms. The normalized spacial score (nSPS) is 20.2. The number of nitrogens with zero attached hydrogens (tertiary/aromatic N) is 1. The summed E-state index contributed by atoms with van der Waals surface area (Å²) in [7, 11) is 0. The maximum Gasteiger partial charge on any atom is 0.227 e. The predicted molar refractivity (Wildman–Crippen MR) is 63.2 cm³/mol. The molecule has 2 N–H and O–H groups in total. The van der Waals surface area contributed by atoms with Crippen molar-refractivity contribution in [1.82, 2.24) is 0 Å². The van der Waals surface area contributed by atoms with E-state index in [-0.39, 0.29) is 18.3 Å². The van der Waals surface area contributed by atoms with Crippen LogP contribution >= 0.6 is 12.4 Å². The van der Waals surface area contributed by atoms with Crippen molar-refractivity contribution in [3.8, 4) is 0 Å². The highest BCUT2D eigenvalue weighted by Gasteiger charge is 2.29. The highest BCUT2D eigenvalue weighted by Crippen LogP contribution is 2.23. The third-order valence-electron chi connectivity index (χ3n) is 2.61. The molecule has 0 radical (unpaired) electrons. The molecule has 1 atom stereocenters. The lowest BCUT2D eigenvalue weighted by molar-refractivity contribution is -0.117. The standard InChI is InChI=1S/C11H14N2O.ClH/c12-7-9-6-11(14)13(8-9)10-4-2-1-3-5-10;/h1-5,9H,6-8,12H2;1H. The van der Waals surface area contributed by atoms with Gasteiger partial charge in [0.2, 0.25) is 5.91 Å². The summed E-state index contributed by atoms with van der Waals surface area (Å²) >= 11 is 0. The molecule has 1 unspecified atom stereocenters. The van der Waals surface area contributed by atoms with E-state index in [0.29, 0.717) is 18.9 Å². The zero-order valence-corrected chi connectivity index (χ0v) is 9.24. The fraction of sp³-hybridized carbons (Fsp3) is 0.364. The number of hydrogen-bond donors (Lipinski definition) is 1. The summed E-state index contributed by atoms with van der Waals surface area (Å²) in [6.07, 6.45) is 0.589. The molecule has 3 nitrogen and oxygen atoms in total. The first-order chi connectivity index (χ1) is 6.81. The molecule has 0 aromatic heterocycles. The van der Waals surface area contributed by atoms with E-state index in [4.69, 9.17) is 5.73 Å². The first kappa shape index (κ1) is 12.0. The second kappa shape index (κ2) is 5.14. The Morgan fingerprint density at radius 3 is 2.53 bits per heavy atom.